The molecule has 1 amide bonds. The molecule has 3 aromatic carbocycles. The molecule has 0 atom stereocenters. The van der Waals surface area contributed by atoms with Crippen LogP contribution in [0.3, 0.4) is 0 Å². The van der Waals surface area contributed by atoms with E-state index in [0.29, 0.717) is 45.9 Å². The fraction of sp³-hybridized carbons (Fsp3) is 0.167. The summed E-state index contributed by atoms with van der Waals surface area (Å²) in [5.41, 5.74) is 4.82. The summed E-state index contributed by atoms with van der Waals surface area (Å²) in [6.07, 6.45) is -0.771. The van der Waals surface area contributed by atoms with E-state index >= 15 is 0 Å². The lowest BCUT2D eigenvalue weighted by Crippen LogP contribution is -2.20. The van der Waals surface area contributed by atoms with E-state index in [2.05, 4.69) is 27.4 Å². The monoisotopic (exact) mass is 614 g/mol. The van der Waals surface area contributed by atoms with Gasteiger partial charge in [0, 0.05) is 21.7 Å². The van der Waals surface area contributed by atoms with E-state index in [-0.39, 0.29) is 12.1 Å². The molecule has 0 saturated carbocycles. The first-order valence-electron chi connectivity index (χ1n) is 12.5. The Bertz CT molecular complexity index is 1570. The zero-order chi connectivity index (χ0) is 30.1. The van der Waals surface area contributed by atoms with Gasteiger partial charge >= 0.3 is 6.18 Å². The highest BCUT2D eigenvalue weighted by atomic mass is 35.5. The van der Waals surface area contributed by atoms with Crippen molar-refractivity contribution in [3.63, 3.8) is 0 Å². The van der Waals surface area contributed by atoms with Crippen molar-refractivity contribution in [1.82, 2.24) is 10.4 Å². The Hall–Kier alpha value is -4.35. The number of allylic oxidation sites excluding steroid dienone is 1. The van der Waals surface area contributed by atoms with Gasteiger partial charge in [-0.1, -0.05) is 35.9 Å². The third kappa shape index (κ3) is 8.58. The maximum absolute atomic E-state index is 13.0. The number of carbonyl (C=O) groups is 1. The van der Waals surface area contributed by atoms with Crippen molar-refractivity contribution in [2.45, 2.75) is 25.6 Å². The molecule has 0 unspecified atom stereocenters. The molecule has 0 fully saturated rings. The molecule has 1 heterocycles. The van der Waals surface area contributed by atoms with Crippen LogP contribution in [0.4, 0.5) is 24.0 Å². The van der Waals surface area contributed by atoms with Crippen LogP contribution in [0.25, 0.3) is 0 Å². The highest BCUT2D eigenvalue weighted by Crippen LogP contribution is 2.34. The molecule has 0 spiro atoms. The molecule has 0 radical (unpaired) electrons. The average Bonchev–Trinajstić information content (AvgIpc) is 3.39. The average molecular weight is 615 g/mol. The summed E-state index contributed by atoms with van der Waals surface area (Å²) in [4.78, 5) is 16.7. The summed E-state index contributed by atoms with van der Waals surface area (Å²) in [6.45, 7) is 4.13. The first-order valence-corrected chi connectivity index (χ1v) is 13.8. The number of carbonyl (C=O) groups excluding carboxylic acids is 1. The van der Waals surface area contributed by atoms with Crippen molar-refractivity contribution < 1.29 is 27.4 Å². The van der Waals surface area contributed by atoms with Gasteiger partial charge < -0.3 is 14.8 Å². The number of hydrogen-bond acceptors (Lipinski definition) is 7. The zero-order valence-corrected chi connectivity index (χ0v) is 23.9. The van der Waals surface area contributed by atoms with Gasteiger partial charge in [0.15, 0.2) is 16.6 Å². The van der Waals surface area contributed by atoms with Crippen LogP contribution < -0.4 is 20.2 Å². The SMILES string of the molecule is C=CCc1cc(/C=N\NC(=O)Cc2csc(Nc3cccc(C(F)(F)F)c3)n2)cc(OC)c1OCc1ccc(Cl)cc1. The van der Waals surface area contributed by atoms with E-state index in [1.165, 1.54) is 36.8 Å². The van der Waals surface area contributed by atoms with E-state index in [1.807, 2.05) is 18.2 Å². The predicted octanol–water partition coefficient (Wildman–Crippen LogP) is 7.57. The number of nitrogens with zero attached hydrogens (tertiary/aromatic N) is 2. The van der Waals surface area contributed by atoms with Crippen LogP contribution in [0.2, 0.25) is 5.02 Å². The van der Waals surface area contributed by atoms with E-state index in [1.54, 1.807) is 29.7 Å². The standard InChI is InChI=1S/C30H26ClF3N4O3S/c1-3-5-21-12-20(13-26(40-2)28(21)41-17-19-8-10-23(31)11-9-19)16-35-38-27(39)15-25-18-42-29(37-25)36-24-7-4-6-22(14-24)30(32,33)34/h3-4,6-14,16,18H,1,5,15,17H2,2H3,(H,36,37)(H,38,39)/b35-16-. The minimum absolute atomic E-state index is 0.0688. The fourth-order valence-corrected chi connectivity index (χ4v) is 4.70. The molecule has 2 N–H and O–H groups in total. The van der Waals surface area contributed by atoms with Crippen LogP contribution in [0.15, 0.2) is 83.8 Å². The van der Waals surface area contributed by atoms with Crippen LogP contribution in [0, 0.1) is 0 Å². The Kier molecular flexibility index (Phi) is 10.2. The van der Waals surface area contributed by atoms with Crippen LogP contribution in [-0.4, -0.2) is 24.2 Å². The van der Waals surface area contributed by atoms with Crippen molar-refractivity contribution >= 4 is 45.9 Å². The molecule has 4 rings (SSSR count). The normalized spacial score (nSPS) is 11.4. The molecule has 4 aromatic rings. The van der Waals surface area contributed by atoms with Crippen LogP contribution in [0.5, 0.6) is 11.5 Å². The highest BCUT2D eigenvalue weighted by molar-refractivity contribution is 7.13. The van der Waals surface area contributed by atoms with E-state index < -0.39 is 17.6 Å². The lowest BCUT2D eigenvalue weighted by atomic mass is 10.1. The Morgan fingerprint density at radius 2 is 1.95 bits per heavy atom. The molecule has 0 aliphatic carbocycles. The summed E-state index contributed by atoms with van der Waals surface area (Å²) in [5.74, 6) is 0.661. The van der Waals surface area contributed by atoms with Gasteiger partial charge in [0.1, 0.15) is 6.61 Å². The third-order valence-electron chi connectivity index (χ3n) is 5.77. The minimum atomic E-state index is -4.45. The van der Waals surface area contributed by atoms with Crippen LogP contribution in [0.1, 0.15) is 27.9 Å². The van der Waals surface area contributed by atoms with Gasteiger partial charge in [-0.25, -0.2) is 10.4 Å². The topological polar surface area (TPSA) is 84.8 Å². The quantitative estimate of drug-likeness (QED) is 0.0977. The van der Waals surface area contributed by atoms with Crippen LogP contribution in [-0.2, 0) is 30.4 Å². The first-order chi connectivity index (χ1) is 20.1. The summed E-state index contributed by atoms with van der Waals surface area (Å²) in [6, 6.07) is 15.8. The Morgan fingerprint density at radius 3 is 2.67 bits per heavy atom. The van der Waals surface area contributed by atoms with Gasteiger partial charge in [-0.2, -0.15) is 18.3 Å². The van der Waals surface area contributed by atoms with E-state index in [0.717, 1.165) is 23.3 Å². The number of anilines is 2. The van der Waals surface area contributed by atoms with Crippen molar-refractivity contribution in [1.29, 1.82) is 0 Å². The summed E-state index contributed by atoms with van der Waals surface area (Å²) in [5, 5.41) is 9.53. The molecule has 7 nitrogen and oxygen atoms in total. The molecule has 42 heavy (non-hydrogen) atoms. The number of hydrogen-bond donors (Lipinski definition) is 2. The minimum Gasteiger partial charge on any atom is -0.493 e. The molecule has 0 aliphatic rings. The van der Waals surface area contributed by atoms with Gasteiger partial charge in [-0.15, -0.1) is 17.9 Å². The van der Waals surface area contributed by atoms with Gasteiger partial charge in [0.2, 0.25) is 5.91 Å². The van der Waals surface area contributed by atoms with Crippen LogP contribution >= 0.6 is 22.9 Å². The number of benzene rings is 3. The number of rotatable bonds is 12. The molecule has 218 valence electrons. The first kappa shape index (κ1) is 30.6. The van der Waals surface area contributed by atoms with Crippen molar-refractivity contribution in [2.75, 3.05) is 12.4 Å². The van der Waals surface area contributed by atoms with Gasteiger partial charge in [-0.3, -0.25) is 4.79 Å². The zero-order valence-electron chi connectivity index (χ0n) is 22.4. The molecule has 1 aromatic heterocycles. The molecule has 0 saturated heterocycles. The second-order valence-corrected chi connectivity index (χ2v) is 10.2. The fourth-order valence-electron chi connectivity index (χ4n) is 3.84. The van der Waals surface area contributed by atoms with Crippen molar-refractivity contribution in [3.05, 3.63) is 112 Å². The number of hydrazone groups is 1. The molecular weight excluding hydrogens is 589 g/mol. The number of nitrogens with one attached hydrogen (secondary N) is 2. The van der Waals surface area contributed by atoms with Gasteiger partial charge in [-0.05, 0) is 60.0 Å². The predicted molar refractivity (Wildman–Crippen MR) is 159 cm³/mol. The molecule has 0 bridgehead atoms. The van der Waals surface area contributed by atoms with E-state index in [9.17, 15) is 18.0 Å². The van der Waals surface area contributed by atoms with E-state index in [4.69, 9.17) is 21.1 Å². The van der Waals surface area contributed by atoms with Gasteiger partial charge in [0.25, 0.3) is 0 Å². The summed E-state index contributed by atoms with van der Waals surface area (Å²) < 4.78 is 50.5. The number of alkyl halides is 3. The number of thiazole rings is 1. The molecular formula is C30H26ClF3N4O3S. The smallest absolute Gasteiger partial charge is 0.416 e. The third-order valence-corrected chi connectivity index (χ3v) is 6.83. The second kappa shape index (κ2) is 14.0. The maximum Gasteiger partial charge on any atom is 0.416 e. The maximum atomic E-state index is 13.0. The lowest BCUT2D eigenvalue weighted by Gasteiger charge is -2.16. The Morgan fingerprint density at radius 1 is 1.17 bits per heavy atom. The number of halogens is 4. The summed E-state index contributed by atoms with van der Waals surface area (Å²) >= 11 is 7.13. The second-order valence-electron chi connectivity index (χ2n) is 8.94. The number of aromatic nitrogens is 1. The highest BCUT2D eigenvalue weighted by Gasteiger charge is 2.30. The van der Waals surface area contributed by atoms with Gasteiger partial charge in [0.05, 0.1) is 31.0 Å². The lowest BCUT2D eigenvalue weighted by molar-refractivity contribution is -0.137. The Balaban J connectivity index is 1.37. The number of amides is 1. The number of ether oxygens (including phenoxy) is 2. The number of methoxy groups -OCH3 is 1. The van der Waals surface area contributed by atoms with Crippen molar-refractivity contribution in [2.24, 2.45) is 5.10 Å². The molecule has 12 heteroatoms. The molecule has 0 aliphatic heterocycles. The Labute approximate surface area is 249 Å². The van der Waals surface area contributed by atoms with Crippen molar-refractivity contribution in [3.8, 4) is 11.5 Å². The largest absolute Gasteiger partial charge is 0.493 e. The summed E-state index contributed by atoms with van der Waals surface area (Å²) in [7, 11) is 1.54.